The van der Waals surface area contributed by atoms with Crippen LogP contribution in [0, 0.1) is 0 Å². The van der Waals surface area contributed by atoms with Crippen molar-refractivity contribution in [3.63, 3.8) is 0 Å². The van der Waals surface area contributed by atoms with Gasteiger partial charge in [0.15, 0.2) is 5.25 Å². The van der Waals surface area contributed by atoms with Crippen molar-refractivity contribution in [1.82, 2.24) is 0 Å². The second kappa shape index (κ2) is 14.5. The number of hydrogen-bond acceptors (Lipinski definition) is 5. The number of carbonyl (C=O) groups is 2. The van der Waals surface area contributed by atoms with E-state index in [0.717, 1.165) is 54.7 Å². The molecule has 0 spiro atoms. The van der Waals surface area contributed by atoms with Gasteiger partial charge in [-0.1, -0.05) is 0 Å². The van der Waals surface area contributed by atoms with Crippen LogP contribution in [-0.4, -0.2) is 95.4 Å². The van der Waals surface area contributed by atoms with E-state index >= 15 is 0 Å². The van der Waals surface area contributed by atoms with Gasteiger partial charge < -0.3 is 10.2 Å². The third-order valence-corrected chi connectivity index (χ3v) is 5.52. The van der Waals surface area contributed by atoms with Gasteiger partial charge in [0.05, 0.1) is 6.42 Å². The average Bonchev–Trinajstić information content (AvgIpc) is 2.58. The number of carboxylic acids is 2. The zero-order chi connectivity index (χ0) is 20.9. The smallest absolute Gasteiger partial charge is 0.325 e. The van der Waals surface area contributed by atoms with E-state index in [2.05, 4.69) is 19.1 Å². The molecule has 27 heavy (non-hydrogen) atoms. The van der Waals surface area contributed by atoms with Crippen molar-refractivity contribution < 1.29 is 37.5 Å². The van der Waals surface area contributed by atoms with Gasteiger partial charge in [-0.25, -0.2) is 0 Å². The number of carboxylic acid groups (broad SMARTS) is 2. The van der Waals surface area contributed by atoms with Crippen molar-refractivity contribution in [2.24, 2.45) is 0 Å². The predicted octanol–water partition coefficient (Wildman–Crippen LogP) is 2.40. The normalized spacial score (nSPS) is 13.0. The molecule has 0 saturated heterocycles. The molecule has 1 aromatic rings. The number of hydrogen-bond donors (Lipinski definition) is 3. The van der Waals surface area contributed by atoms with E-state index in [4.69, 9.17) is 19.5 Å². The molecule has 0 bridgehead atoms. The SMILES string of the molecule is CCCCC(C[CH2][K])Oc1ccccc1.O=C(O)CC(C(=O)O)S(=O)(=O)O. The van der Waals surface area contributed by atoms with Gasteiger partial charge >= 0.3 is 141 Å². The molecule has 2 unspecified atom stereocenters. The van der Waals surface area contributed by atoms with Crippen LogP contribution in [0.15, 0.2) is 30.3 Å². The molecular weight excluding hydrogens is 403 g/mol. The van der Waals surface area contributed by atoms with Gasteiger partial charge in [-0.15, -0.1) is 0 Å². The molecule has 3 N–H and O–H groups in total. The summed E-state index contributed by atoms with van der Waals surface area (Å²) in [5.41, 5.74) is 0. The van der Waals surface area contributed by atoms with E-state index in [1.807, 2.05) is 18.2 Å². The van der Waals surface area contributed by atoms with Crippen LogP contribution < -0.4 is 4.74 Å². The largest absolute Gasteiger partial charge is 0.481 e. The van der Waals surface area contributed by atoms with Crippen molar-refractivity contribution in [2.75, 3.05) is 0 Å². The zero-order valence-corrected chi connectivity index (χ0v) is 19.5. The maximum Gasteiger partial charge on any atom is 0.325 e. The summed E-state index contributed by atoms with van der Waals surface area (Å²) < 4.78 is 36.0. The first kappa shape index (κ1) is 26.5. The van der Waals surface area contributed by atoms with Crippen LogP contribution in [0.5, 0.6) is 5.75 Å². The first-order valence-electron chi connectivity index (χ1n) is 8.74. The molecule has 0 aliphatic rings. The molecule has 1 aromatic carbocycles. The van der Waals surface area contributed by atoms with Crippen LogP contribution in [0.3, 0.4) is 0 Å². The summed E-state index contributed by atoms with van der Waals surface area (Å²) in [4.78, 5) is 20.0. The Morgan fingerprint density at radius 3 is 2.11 bits per heavy atom. The fourth-order valence-electron chi connectivity index (χ4n) is 2.19. The van der Waals surface area contributed by atoms with E-state index in [1.54, 1.807) is 0 Å². The molecule has 0 radical (unpaired) electrons. The molecule has 0 fully saturated rings. The van der Waals surface area contributed by atoms with Gasteiger partial charge in [0.2, 0.25) is 0 Å². The third kappa shape index (κ3) is 13.3. The summed E-state index contributed by atoms with van der Waals surface area (Å²) >= 11 is 0.956. The number of ether oxygens (including phenoxy) is 1. The number of unbranched alkanes of at least 4 members (excludes halogenated alkanes) is 1. The molecule has 0 aliphatic heterocycles. The number of rotatable bonds is 11. The molecular formula is C17H25KO8S. The molecule has 148 valence electrons. The summed E-state index contributed by atoms with van der Waals surface area (Å²) in [6, 6.07) is 10.2. The van der Waals surface area contributed by atoms with Crippen molar-refractivity contribution in [3.8, 4) is 5.75 Å². The Morgan fingerprint density at radius 1 is 1.15 bits per heavy atom. The Bertz CT molecular complexity index is 663. The monoisotopic (exact) mass is 428 g/mol. The van der Waals surface area contributed by atoms with Gasteiger partial charge in [0.25, 0.3) is 10.1 Å². The number of aliphatic carboxylic acids is 2. The summed E-state index contributed by atoms with van der Waals surface area (Å²) in [7, 11) is -4.84. The Balaban J connectivity index is 0.000000516. The minimum atomic E-state index is -4.84. The number of benzene rings is 1. The summed E-state index contributed by atoms with van der Waals surface area (Å²) in [5, 5.41) is 13.9. The second-order valence-electron chi connectivity index (χ2n) is 5.92. The molecule has 0 aliphatic carbocycles. The Morgan fingerprint density at radius 2 is 1.74 bits per heavy atom. The van der Waals surface area contributed by atoms with Crippen LogP contribution >= 0.6 is 0 Å². The Labute approximate surface area is 193 Å². The Hall–Kier alpha value is -0.494. The van der Waals surface area contributed by atoms with Gasteiger partial charge in [0.1, 0.15) is 0 Å². The fraction of sp³-hybridized carbons (Fsp3) is 0.529. The maximum atomic E-state index is 10.2. The van der Waals surface area contributed by atoms with E-state index in [9.17, 15) is 18.0 Å². The van der Waals surface area contributed by atoms with Crippen LogP contribution in [0.25, 0.3) is 0 Å². The van der Waals surface area contributed by atoms with Gasteiger partial charge in [-0.05, 0) is 0 Å². The third-order valence-electron chi connectivity index (χ3n) is 3.53. The molecule has 0 saturated carbocycles. The van der Waals surface area contributed by atoms with Crippen molar-refractivity contribution in [2.45, 2.75) is 50.9 Å². The first-order chi connectivity index (χ1) is 12.6. The van der Waals surface area contributed by atoms with Gasteiger partial charge in [0, 0.05) is 0 Å². The molecule has 2 atom stereocenters. The molecule has 0 aromatic heterocycles. The van der Waals surface area contributed by atoms with Crippen LogP contribution in [0.1, 0.15) is 39.0 Å². The maximum absolute atomic E-state index is 10.2. The summed E-state index contributed by atoms with van der Waals surface area (Å²) in [6.45, 7) is 2.24. The van der Waals surface area contributed by atoms with Crippen LogP contribution in [-0.2, 0) is 19.7 Å². The zero-order valence-electron chi connectivity index (χ0n) is 15.6. The molecule has 0 amide bonds. The quantitative estimate of drug-likeness (QED) is 0.361. The minimum absolute atomic E-state index is 0.447. The van der Waals surface area contributed by atoms with E-state index in [-0.39, 0.29) is 0 Å². The standard InChI is InChI=1S/C13H19O.C4H6O7S.K/c1-3-5-9-12(4-2)14-13-10-7-6-8-11-13;5-3(6)1-2(4(7)8)12(9,10)11;/h6-8,10-12H,2-5,9H2,1H3;2H,1H2,(H,5,6)(H,7,8)(H,9,10,11);. The minimum Gasteiger partial charge on any atom is -0.481 e. The van der Waals surface area contributed by atoms with Crippen molar-refractivity contribution in [1.29, 1.82) is 0 Å². The van der Waals surface area contributed by atoms with E-state index in [0.29, 0.717) is 6.10 Å². The van der Waals surface area contributed by atoms with Crippen molar-refractivity contribution in [3.05, 3.63) is 30.3 Å². The Kier molecular flexibility index (Phi) is 14.2. The fourth-order valence-corrected chi connectivity index (χ4v) is 3.80. The summed E-state index contributed by atoms with van der Waals surface area (Å²) in [5.74, 6) is -2.47. The summed E-state index contributed by atoms with van der Waals surface area (Å²) in [6.07, 6.45) is 4.29. The molecule has 0 heterocycles. The molecule has 10 heteroatoms. The van der Waals surface area contributed by atoms with Crippen LogP contribution in [0.4, 0.5) is 0 Å². The molecule has 8 nitrogen and oxygen atoms in total. The average molecular weight is 429 g/mol. The van der Waals surface area contributed by atoms with Gasteiger partial charge in [-0.3, -0.25) is 14.1 Å². The van der Waals surface area contributed by atoms with E-state index in [1.165, 1.54) is 26.2 Å². The molecule has 1 rings (SSSR count). The predicted molar refractivity (Wildman–Crippen MR) is 101 cm³/mol. The topological polar surface area (TPSA) is 138 Å². The van der Waals surface area contributed by atoms with Crippen molar-refractivity contribution >= 4 is 71.0 Å². The number of para-hydroxylation sites is 1. The second-order valence-corrected chi connectivity index (χ2v) is 9.08. The van der Waals surface area contributed by atoms with Crippen LogP contribution in [0.2, 0.25) is 0.515 Å². The first-order valence-corrected chi connectivity index (χ1v) is 12.5. The van der Waals surface area contributed by atoms with E-state index < -0.39 is 33.7 Å². The van der Waals surface area contributed by atoms with Gasteiger partial charge in [-0.2, -0.15) is 8.42 Å².